The minimum Gasteiger partial charge on any atom is -0.493 e. The Bertz CT molecular complexity index is 689. The first kappa shape index (κ1) is 15.4. The van der Waals surface area contributed by atoms with E-state index in [1.165, 1.54) is 12.8 Å². The van der Waals surface area contributed by atoms with Crippen molar-refractivity contribution in [2.75, 3.05) is 13.7 Å². The molecule has 0 radical (unpaired) electrons. The number of hydrogen-bond acceptors (Lipinski definition) is 6. The largest absolute Gasteiger partial charge is 0.493 e. The summed E-state index contributed by atoms with van der Waals surface area (Å²) in [6.07, 6.45) is 7.13. The molecule has 2 aliphatic rings. The molecule has 128 valence electrons. The van der Waals surface area contributed by atoms with E-state index in [9.17, 15) is 0 Å². The zero-order valence-electron chi connectivity index (χ0n) is 14.0. The summed E-state index contributed by atoms with van der Waals surface area (Å²) in [5.41, 5.74) is 0.886. The van der Waals surface area contributed by atoms with E-state index < -0.39 is 0 Å². The molecule has 2 aromatic rings. The summed E-state index contributed by atoms with van der Waals surface area (Å²) < 4.78 is 17.0. The van der Waals surface area contributed by atoms with Crippen molar-refractivity contribution >= 4 is 0 Å². The molecule has 4 rings (SSSR count). The van der Waals surface area contributed by atoms with Crippen LogP contribution in [0.5, 0.6) is 11.5 Å². The van der Waals surface area contributed by atoms with Gasteiger partial charge in [-0.3, -0.25) is 0 Å². The van der Waals surface area contributed by atoms with E-state index in [1.54, 1.807) is 7.11 Å². The van der Waals surface area contributed by atoms with Crippen LogP contribution in [0.15, 0.2) is 22.7 Å². The summed E-state index contributed by atoms with van der Waals surface area (Å²) in [7, 11) is 1.66. The Morgan fingerprint density at radius 1 is 1.12 bits per heavy atom. The summed E-state index contributed by atoms with van der Waals surface area (Å²) in [5.74, 6) is 2.76. The molecule has 6 heteroatoms. The molecule has 1 saturated heterocycles. The number of nitrogens with one attached hydrogen (secondary N) is 1. The van der Waals surface area contributed by atoms with Gasteiger partial charge in [0.15, 0.2) is 11.5 Å². The summed E-state index contributed by atoms with van der Waals surface area (Å²) >= 11 is 0. The van der Waals surface area contributed by atoms with Gasteiger partial charge in [-0.15, -0.1) is 0 Å². The maximum absolute atomic E-state index is 6.14. The zero-order valence-corrected chi connectivity index (χ0v) is 14.0. The van der Waals surface area contributed by atoms with E-state index in [4.69, 9.17) is 14.0 Å². The van der Waals surface area contributed by atoms with Crippen molar-refractivity contribution in [2.45, 2.75) is 50.7 Å². The topological polar surface area (TPSA) is 69.4 Å². The molecule has 1 N–H and O–H groups in total. The van der Waals surface area contributed by atoms with Crippen LogP contribution in [0, 0.1) is 0 Å². The van der Waals surface area contributed by atoms with Gasteiger partial charge in [0, 0.05) is 5.56 Å². The van der Waals surface area contributed by atoms with E-state index in [0.717, 1.165) is 49.3 Å². The molecule has 0 amide bonds. The highest BCUT2D eigenvalue weighted by Gasteiger charge is 2.23. The fourth-order valence-electron chi connectivity index (χ4n) is 3.48. The van der Waals surface area contributed by atoms with Crippen LogP contribution in [-0.2, 0) is 0 Å². The van der Waals surface area contributed by atoms with Crippen molar-refractivity contribution in [3.05, 3.63) is 24.1 Å². The number of methoxy groups -OCH3 is 1. The molecule has 1 aliphatic carbocycles. The van der Waals surface area contributed by atoms with E-state index in [-0.39, 0.29) is 12.1 Å². The molecule has 6 nitrogen and oxygen atoms in total. The second-order valence-corrected chi connectivity index (χ2v) is 6.50. The third-order valence-corrected chi connectivity index (χ3v) is 4.82. The highest BCUT2D eigenvalue weighted by atomic mass is 16.5. The van der Waals surface area contributed by atoms with E-state index in [0.29, 0.717) is 11.7 Å². The lowest BCUT2D eigenvalue weighted by atomic mass is 10.2. The highest BCUT2D eigenvalue weighted by Crippen LogP contribution is 2.35. The summed E-state index contributed by atoms with van der Waals surface area (Å²) in [6.45, 7) is 1.00. The van der Waals surface area contributed by atoms with Crippen LogP contribution in [0.4, 0.5) is 0 Å². The second-order valence-electron chi connectivity index (χ2n) is 6.50. The van der Waals surface area contributed by atoms with Gasteiger partial charge in [0.25, 0.3) is 0 Å². The maximum Gasteiger partial charge on any atom is 0.244 e. The van der Waals surface area contributed by atoms with Crippen molar-refractivity contribution in [3.63, 3.8) is 0 Å². The van der Waals surface area contributed by atoms with Crippen molar-refractivity contribution in [1.82, 2.24) is 15.5 Å². The van der Waals surface area contributed by atoms with Gasteiger partial charge in [-0.05, 0) is 63.3 Å². The van der Waals surface area contributed by atoms with Crippen LogP contribution in [-0.4, -0.2) is 29.9 Å². The van der Waals surface area contributed by atoms with Crippen LogP contribution >= 0.6 is 0 Å². The van der Waals surface area contributed by atoms with E-state index >= 15 is 0 Å². The third kappa shape index (κ3) is 3.11. The molecule has 2 fully saturated rings. The molecular weight excluding hydrogens is 306 g/mol. The van der Waals surface area contributed by atoms with Crippen LogP contribution in [0.3, 0.4) is 0 Å². The molecule has 2 heterocycles. The Kier molecular flexibility index (Phi) is 4.38. The Labute approximate surface area is 141 Å². The van der Waals surface area contributed by atoms with Gasteiger partial charge < -0.3 is 19.3 Å². The van der Waals surface area contributed by atoms with Crippen LogP contribution in [0.2, 0.25) is 0 Å². The lowest BCUT2D eigenvalue weighted by molar-refractivity contribution is 0.201. The quantitative estimate of drug-likeness (QED) is 0.905. The number of nitrogens with zero attached hydrogens (tertiary/aromatic N) is 2. The molecule has 1 aliphatic heterocycles. The molecule has 0 bridgehead atoms. The summed E-state index contributed by atoms with van der Waals surface area (Å²) in [6, 6.07) is 5.98. The van der Waals surface area contributed by atoms with Crippen molar-refractivity contribution in [1.29, 1.82) is 0 Å². The molecule has 24 heavy (non-hydrogen) atoms. The molecule has 1 aromatic carbocycles. The third-order valence-electron chi connectivity index (χ3n) is 4.82. The Balaban J connectivity index is 1.58. The fraction of sp³-hybridized carbons (Fsp3) is 0.556. The predicted octanol–water partition coefficient (Wildman–Crippen LogP) is 3.49. The van der Waals surface area contributed by atoms with Crippen molar-refractivity contribution in [3.8, 4) is 22.9 Å². The Morgan fingerprint density at radius 2 is 2.00 bits per heavy atom. The normalized spacial score (nSPS) is 21.3. The Hall–Kier alpha value is -2.08. The van der Waals surface area contributed by atoms with Gasteiger partial charge in [-0.1, -0.05) is 5.16 Å². The molecule has 0 unspecified atom stereocenters. The first-order chi connectivity index (χ1) is 11.8. The molecule has 1 atom stereocenters. The van der Waals surface area contributed by atoms with Crippen LogP contribution in [0.25, 0.3) is 11.4 Å². The molecular formula is C18H23N3O3. The summed E-state index contributed by atoms with van der Waals surface area (Å²) in [5, 5.41) is 7.51. The van der Waals surface area contributed by atoms with Gasteiger partial charge in [0.05, 0.1) is 19.3 Å². The SMILES string of the molecule is COc1ccc(-c2noc([C@@H]3CCCN3)n2)cc1OC1CCCC1. The number of benzene rings is 1. The van der Waals surface area contributed by atoms with Crippen LogP contribution < -0.4 is 14.8 Å². The minimum atomic E-state index is 0.179. The average Bonchev–Trinajstić information content (AvgIpc) is 3.35. The minimum absolute atomic E-state index is 0.179. The van der Waals surface area contributed by atoms with Gasteiger partial charge in [-0.25, -0.2) is 0 Å². The first-order valence-electron chi connectivity index (χ1n) is 8.75. The lowest BCUT2D eigenvalue weighted by Gasteiger charge is -2.16. The van der Waals surface area contributed by atoms with Crippen molar-refractivity contribution < 1.29 is 14.0 Å². The van der Waals surface area contributed by atoms with Crippen molar-refractivity contribution in [2.24, 2.45) is 0 Å². The van der Waals surface area contributed by atoms with Crippen LogP contribution in [0.1, 0.15) is 50.5 Å². The number of ether oxygens (including phenoxy) is 2. The summed E-state index contributed by atoms with van der Waals surface area (Å²) in [4.78, 5) is 4.55. The van der Waals surface area contributed by atoms with E-state index in [2.05, 4.69) is 15.5 Å². The highest BCUT2D eigenvalue weighted by molar-refractivity contribution is 5.60. The van der Waals surface area contributed by atoms with E-state index in [1.807, 2.05) is 18.2 Å². The number of aromatic nitrogens is 2. The van der Waals surface area contributed by atoms with Gasteiger partial charge >= 0.3 is 0 Å². The standard InChI is InChI=1S/C18H23N3O3/c1-22-15-9-8-12(11-16(15)23-13-5-2-3-6-13)17-20-18(24-21-17)14-7-4-10-19-14/h8-9,11,13-14,19H,2-7,10H2,1H3/t14-/m0/s1. The fourth-order valence-corrected chi connectivity index (χ4v) is 3.48. The Morgan fingerprint density at radius 3 is 2.75 bits per heavy atom. The molecule has 1 saturated carbocycles. The number of hydrogen-bond donors (Lipinski definition) is 1. The molecule has 1 aromatic heterocycles. The average molecular weight is 329 g/mol. The second kappa shape index (κ2) is 6.81. The lowest BCUT2D eigenvalue weighted by Crippen LogP contribution is -2.13. The van der Waals surface area contributed by atoms with Gasteiger partial charge in [0.1, 0.15) is 0 Å². The predicted molar refractivity (Wildman–Crippen MR) is 89.1 cm³/mol. The number of rotatable bonds is 5. The first-order valence-corrected chi connectivity index (χ1v) is 8.75. The molecule has 0 spiro atoms. The smallest absolute Gasteiger partial charge is 0.244 e. The zero-order chi connectivity index (χ0) is 16.4. The maximum atomic E-state index is 6.14. The van der Waals surface area contributed by atoms with Gasteiger partial charge in [0.2, 0.25) is 11.7 Å². The van der Waals surface area contributed by atoms with Gasteiger partial charge in [-0.2, -0.15) is 4.98 Å². The monoisotopic (exact) mass is 329 g/mol.